The molecule has 0 unspecified atom stereocenters. The molecule has 2 amide bonds. The summed E-state index contributed by atoms with van der Waals surface area (Å²) in [5.41, 5.74) is 2.81. The number of aromatic nitrogens is 1. The van der Waals surface area contributed by atoms with Crippen molar-refractivity contribution in [1.29, 1.82) is 0 Å². The number of nitrogens with zero attached hydrogens (tertiary/aromatic N) is 1. The van der Waals surface area contributed by atoms with E-state index in [1.165, 1.54) is 12.3 Å². The van der Waals surface area contributed by atoms with E-state index in [2.05, 4.69) is 10.3 Å². The SMILES string of the molecule is NC(=O)CC1(NC(=O)c2cc(OCC(F)F)c(C3(F)CCC3)cn2)CSC1. The van der Waals surface area contributed by atoms with E-state index < -0.39 is 36.1 Å². The third-order valence-electron chi connectivity index (χ3n) is 4.74. The van der Waals surface area contributed by atoms with Crippen molar-refractivity contribution in [3.63, 3.8) is 0 Å². The summed E-state index contributed by atoms with van der Waals surface area (Å²) in [6.45, 7) is -0.906. The minimum Gasteiger partial charge on any atom is -0.487 e. The second kappa shape index (κ2) is 7.57. The van der Waals surface area contributed by atoms with Crippen molar-refractivity contribution in [2.75, 3.05) is 18.1 Å². The molecule has 1 saturated heterocycles. The van der Waals surface area contributed by atoms with Crippen LogP contribution in [0.4, 0.5) is 13.2 Å². The van der Waals surface area contributed by atoms with Crippen LogP contribution in [0.15, 0.2) is 12.3 Å². The van der Waals surface area contributed by atoms with Crippen molar-refractivity contribution in [2.24, 2.45) is 5.73 Å². The first kappa shape index (κ1) is 19.8. The zero-order valence-electron chi connectivity index (χ0n) is 14.5. The first-order valence-corrected chi connectivity index (χ1v) is 9.67. The van der Waals surface area contributed by atoms with Gasteiger partial charge in [-0.05, 0) is 19.3 Å². The molecule has 0 spiro atoms. The number of carbonyl (C=O) groups is 2. The van der Waals surface area contributed by atoms with Gasteiger partial charge in [-0.15, -0.1) is 0 Å². The lowest BCUT2D eigenvalue weighted by Gasteiger charge is -2.41. The Balaban J connectivity index is 1.81. The summed E-state index contributed by atoms with van der Waals surface area (Å²) in [7, 11) is 0. The van der Waals surface area contributed by atoms with Gasteiger partial charge < -0.3 is 15.8 Å². The quantitative estimate of drug-likeness (QED) is 0.694. The Morgan fingerprint density at radius 3 is 2.56 bits per heavy atom. The largest absolute Gasteiger partial charge is 0.487 e. The van der Waals surface area contributed by atoms with Gasteiger partial charge in [-0.1, -0.05) is 0 Å². The average Bonchev–Trinajstić information content (AvgIpc) is 2.55. The summed E-state index contributed by atoms with van der Waals surface area (Å²) >= 11 is 1.55. The predicted octanol–water partition coefficient (Wildman–Crippen LogP) is 2.17. The number of nitrogens with one attached hydrogen (secondary N) is 1. The molecule has 0 radical (unpaired) electrons. The lowest BCUT2D eigenvalue weighted by Crippen LogP contribution is -2.59. The highest BCUT2D eigenvalue weighted by Gasteiger charge is 2.43. The summed E-state index contributed by atoms with van der Waals surface area (Å²) in [6, 6.07) is 1.18. The highest BCUT2D eigenvalue weighted by atomic mass is 32.2. The summed E-state index contributed by atoms with van der Waals surface area (Å²) in [6.07, 6.45) is -0.377. The summed E-state index contributed by atoms with van der Waals surface area (Å²) in [4.78, 5) is 27.8. The number of hydrogen-bond donors (Lipinski definition) is 2. The van der Waals surface area contributed by atoms with E-state index in [-0.39, 0.29) is 36.3 Å². The molecule has 2 aliphatic rings. The Labute approximate surface area is 158 Å². The number of primary amides is 1. The molecular formula is C17H20F3N3O3S. The van der Waals surface area contributed by atoms with E-state index >= 15 is 0 Å². The van der Waals surface area contributed by atoms with Crippen LogP contribution < -0.4 is 15.8 Å². The van der Waals surface area contributed by atoms with Gasteiger partial charge in [0.25, 0.3) is 12.3 Å². The van der Waals surface area contributed by atoms with Crippen LogP contribution in [0.1, 0.15) is 41.7 Å². The molecule has 1 aliphatic carbocycles. The highest BCUT2D eigenvalue weighted by Crippen LogP contribution is 2.48. The molecule has 0 aromatic carbocycles. The van der Waals surface area contributed by atoms with Crippen LogP contribution in [-0.2, 0) is 10.5 Å². The van der Waals surface area contributed by atoms with Gasteiger partial charge in [0.1, 0.15) is 23.7 Å². The molecular weight excluding hydrogens is 383 g/mol. The lowest BCUT2D eigenvalue weighted by molar-refractivity contribution is -0.119. The minimum atomic E-state index is -2.73. The monoisotopic (exact) mass is 403 g/mol. The third-order valence-corrected chi connectivity index (χ3v) is 6.25. The third kappa shape index (κ3) is 4.31. The van der Waals surface area contributed by atoms with Crippen molar-refractivity contribution in [3.05, 3.63) is 23.5 Å². The number of thioether (sulfide) groups is 1. The number of ether oxygens (including phenoxy) is 1. The molecule has 6 nitrogen and oxygen atoms in total. The number of halogens is 3. The smallest absolute Gasteiger partial charge is 0.272 e. The van der Waals surface area contributed by atoms with Crippen LogP contribution in [0.2, 0.25) is 0 Å². The van der Waals surface area contributed by atoms with E-state index in [1.807, 2.05) is 0 Å². The van der Waals surface area contributed by atoms with Crippen LogP contribution in [0.25, 0.3) is 0 Å². The summed E-state index contributed by atoms with van der Waals surface area (Å²) in [5.74, 6) is -0.176. The number of pyridine rings is 1. The van der Waals surface area contributed by atoms with Gasteiger partial charge in [-0.2, -0.15) is 11.8 Å². The van der Waals surface area contributed by atoms with Crippen molar-refractivity contribution in [1.82, 2.24) is 10.3 Å². The minimum absolute atomic E-state index is 0.00778. The van der Waals surface area contributed by atoms with Gasteiger partial charge >= 0.3 is 0 Å². The van der Waals surface area contributed by atoms with Gasteiger partial charge in [0.05, 0.1) is 12.0 Å². The fraction of sp³-hybridized carbons (Fsp3) is 0.588. The van der Waals surface area contributed by atoms with Crippen LogP contribution in [0, 0.1) is 0 Å². The lowest BCUT2D eigenvalue weighted by atomic mass is 9.77. The number of amides is 2. The van der Waals surface area contributed by atoms with Crippen LogP contribution in [0.5, 0.6) is 5.75 Å². The predicted molar refractivity (Wildman–Crippen MR) is 93.7 cm³/mol. The van der Waals surface area contributed by atoms with Crippen LogP contribution in [0.3, 0.4) is 0 Å². The number of nitrogens with two attached hydrogens (primary N) is 1. The molecule has 1 aliphatic heterocycles. The van der Waals surface area contributed by atoms with Gasteiger partial charge in [-0.25, -0.2) is 13.2 Å². The number of rotatable bonds is 8. The van der Waals surface area contributed by atoms with E-state index in [4.69, 9.17) is 10.5 Å². The Morgan fingerprint density at radius 1 is 1.37 bits per heavy atom. The maximum Gasteiger partial charge on any atom is 0.272 e. The fourth-order valence-electron chi connectivity index (χ4n) is 3.13. The zero-order chi connectivity index (χ0) is 19.7. The van der Waals surface area contributed by atoms with Gasteiger partial charge in [0, 0.05) is 29.3 Å². The second-order valence-corrected chi connectivity index (χ2v) is 7.94. The van der Waals surface area contributed by atoms with E-state index in [0.717, 1.165) is 0 Å². The number of alkyl halides is 3. The Hall–Kier alpha value is -1.97. The Bertz CT molecular complexity index is 739. The molecule has 2 fully saturated rings. The topological polar surface area (TPSA) is 94.3 Å². The summed E-state index contributed by atoms with van der Waals surface area (Å²) in [5, 5.41) is 2.74. The van der Waals surface area contributed by atoms with Gasteiger partial charge in [0.15, 0.2) is 0 Å². The maximum absolute atomic E-state index is 14.8. The summed E-state index contributed by atoms with van der Waals surface area (Å²) < 4.78 is 44.9. The number of hydrogen-bond acceptors (Lipinski definition) is 5. The zero-order valence-corrected chi connectivity index (χ0v) is 15.3. The molecule has 1 saturated carbocycles. The molecule has 2 heterocycles. The van der Waals surface area contributed by atoms with Gasteiger partial charge in [0.2, 0.25) is 5.91 Å². The highest BCUT2D eigenvalue weighted by molar-refractivity contribution is 8.00. The Kier molecular flexibility index (Phi) is 5.55. The van der Waals surface area contributed by atoms with Crippen molar-refractivity contribution >= 4 is 23.6 Å². The maximum atomic E-state index is 14.8. The van der Waals surface area contributed by atoms with Crippen molar-refractivity contribution < 1.29 is 27.5 Å². The fourth-order valence-corrected chi connectivity index (χ4v) is 4.18. The van der Waals surface area contributed by atoms with E-state index in [1.54, 1.807) is 11.8 Å². The standard InChI is InChI=1S/C17H20F3N3O3S/c18-13(19)7-26-12-4-11(22-6-10(12)17(20)2-1-3-17)15(25)23-16(5-14(21)24)8-27-9-16/h4,6,13H,1-3,5,7-9H2,(H2,21,24)(H,23,25). The van der Waals surface area contributed by atoms with Crippen LogP contribution >= 0.6 is 11.8 Å². The van der Waals surface area contributed by atoms with E-state index in [0.29, 0.717) is 17.9 Å². The first-order valence-electron chi connectivity index (χ1n) is 8.52. The molecule has 1 aromatic heterocycles. The normalized spacial score (nSPS) is 19.7. The molecule has 0 bridgehead atoms. The molecule has 27 heavy (non-hydrogen) atoms. The first-order chi connectivity index (χ1) is 12.7. The van der Waals surface area contributed by atoms with Gasteiger partial charge in [-0.3, -0.25) is 14.6 Å². The van der Waals surface area contributed by atoms with Crippen LogP contribution in [-0.4, -0.2) is 46.9 Å². The second-order valence-electron chi connectivity index (χ2n) is 6.96. The average molecular weight is 403 g/mol. The molecule has 0 atom stereocenters. The molecule has 10 heteroatoms. The Morgan fingerprint density at radius 2 is 2.07 bits per heavy atom. The van der Waals surface area contributed by atoms with Crippen molar-refractivity contribution in [2.45, 2.75) is 43.3 Å². The molecule has 3 N–H and O–H groups in total. The molecule has 3 rings (SSSR count). The molecule has 1 aromatic rings. The molecule has 148 valence electrons. The number of carbonyl (C=O) groups excluding carboxylic acids is 2. The van der Waals surface area contributed by atoms with E-state index in [9.17, 15) is 22.8 Å². The van der Waals surface area contributed by atoms with Crippen molar-refractivity contribution in [3.8, 4) is 5.75 Å².